The highest BCUT2D eigenvalue weighted by Gasteiger charge is 2.49. The summed E-state index contributed by atoms with van der Waals surface area (Å²) in [7, 11) is 0. The molecule has 0 radical (unpaired) electrons. The van der Waals surface area contributed by atoms with Crippen LogP contribution in [0.1, 0.15) is 51.4 Å². The smallest absolute Gasteiger partial charge is 0.0967 e. The third kappa shape index (κ3) is 4.08. The van der Waals surface area contributed by atoms with Gasteiger partial charge in [-0.1, -0.05) is 42.1 Å². The van der Waals surface area contributed by atoms with E-state index in [9.17, 15) is 0 Å². The molecular formula is C22H30OS. The van der Waals surface area contributed by atoms with Crippen LogP contribution < -0.4 is 0 Å². The van der Waals surface area contributed by atoms with Gasteiger partial charge in [0, 0.05) is 4.90 Å². The molecule has 2 heteroatoms. The van der Waals surface area contributed by atoms with Crippen LogP contribution in [0.5, 0.6) is 0 Å². The summed E-state index contributed by atoms with van der Waals surface area (Å²) in [5.41, 5.74) is 0.690. The van der Waals surface area contributed by atoms with Gasteiger partial charge in [0.25, 0.3) is 0 Å². The van der Waals surface area contributed by atoms with Gasteiger partial charge in [-0.05, 0) is 86.7 Å². The van der Waals surface area contributed by atoms with E-state index in [1.165, 1.54) is 30.6 Å². The first-order valence-electron chi connectivity index (χ1n) is 9.72. The second-order valence-electron chi connectivity index (χ2n) is 8.37. The zero-order valence-corrected chi connectivity index (χ0v) is 15.5. The SMILES string of the molecule is C(=CCC12CC3CC(CC(C3)C1)C2)CCOCSc1ccccc1. The summed E-state index contributed by atoms with van der Waals surface area (Å²) < 4.78 is 5.75. The van der Waals surface area contributed by atoms with Gasteiger partial charge >= 0.3 is 0 Å². The molecule has 0 N–H and O–H groups in total. The van der Waals surface area contributed by atoms with Crippen molar-refractivity contribution >= 4 is 11.8 Å². The van der Waals surface area contributed by atoms with Gasteiger partial charge in [-0.15, -0.1) is 0 Å². The van der Waals surface area contributed by atoms with Crippen molar-refractivity contribution in [1.82, 2.24) is 0 Å². The largest absolute Gasteiger partial charge is 0.370 e. The molecule has 4 bridgehead atoms. The maximum absolute atomic E-state index is 5.75. The summed E-state index contributed by atoms with van der Waals surface area (Å²) in [5, 5.41) is 0. The Labute approximate surface area is 151 Å². The number of hydrogen-bond donors (Lipinski definition) is 0. The van der Waals surface area contributed by atoms with Crippen molar-refractivity contribution in [2.45, 2.75) is 56.3 Å². The number of thioether (sulfide) groups is 1. The summed E-state index contributed by atoms with van der Waals surface area (Å²) in [5.74, 6) is 3.97. The molecule has 4 fully saturated rings. The number of rotatable bonds is 8. The van der Waals surface area contributed by atoms with E-state index >= 15 is 0 Å². The van der Waals surface area contributed by atoms with Crippen LogP contribution in [-0.4, -0.2) is 12.5 Å². The van der Waals surface area contributed by atoms with Gasteiger partial charge in [-0.3, -0.25) is 0 Å². The van der Waals surface area contributed by atoms with Gasteiger partial charge in [0.2, 0.25) is 0 Å². The van der Waals surface area contributed by atoms with Crippen molar-refractivity contribution in [2.75, 3.05) is 12.5 Å². The Hall–Kier alpha value is -0.730. The molecule has 1 aromatic rings. The summed E-state index contributed by atoms with van der Waals surface area (Å²) in [6.07, 6.45) is 16.4. The summed E-state index contributed by atoms with van der Waals surface area (Å²) in [6.45, 7) is 0.844. The molecule has 0 unspecified atom stereocenters. The second kappa shape index (κ2) is 7.66. The monoisotopic (exact) mass is 342 g/mol. The normalized spacial score (nSPS) is 34.2. The van der Waals surface area contributed by atoms with Gasteiger partial charge in [0.05, 0.1) is 12.5 Å². The van der Waals surface area contributed by atoms with Crippen LogP contribution in [0.25, 0.3) is 0 Å². The molecule has 0 atom stereocenters. The lowest BCUT2D eigenvalue weighted by Gasteiger charge is -2.56. The molecule has 0 saturated heterocycles. The maximum Gasteiger partial charge on any atom is 0.0967 e. The topological polar surface area (TPSA) is 9.23 Å². The Kier molecular flexibility index (Phi) is 5.34. The molecular weight excluding hydrogens is 312 g/mol. The van der Waals surface area contributed by atoms with Crippen molar-refractivity contribution < 1.29 is 4.74 Å². The molecule has 0 aliphatic heterocycles. The number of benzene rings is 1. The third-order valence-corrected chi connectivity index (χ3v) is 7.25. The predicted octanol–water partition coefficient (Wildman–Crippen LogP) is 6.31. The number of hydrogen-bond acceptors (Lipinski definition) is 2. The fourth-order valence-electron chi connectivity index (χ4n) is 5.83. The lowest BCUT2D eigenvalue weighted by Crippen LogP contribution is -2.45. The summed E-state index contributed by atoms with van der Waals surface area (Å²) in [4.78, 5) is 1.29. The highest BCUT2D eigenvalue weighted by atomic mass is 32.2. The van der Waals surface area contributed by atoms with Crippen LogP contribution in [0.15, 0.2) is 47.4 Å². The van der Waals surface area contributed by atoms with E-state index in [2.05, 4.69) is 42.5 Å². The van der Waals surface area contributed by atoms with Crippen LogP contribution in [0.4, 0.5) is 0 Å². The molecule has 0 aromatic heterocycles. The van der Waals surface area contributed by atoms with Crippen LogP contribution in [0.3, 0.4) is 0 Å². The third-order valence-electron chi connectivity index (χ3n) is 6.36. The van der Waals surface area contributed by atoms with Crippen LogP contribution in [-0.2, 0) is 4.74 Å². The van der Waals surface area contributed by atoms with E-state index in [1.54, 1.807) is 31.0 Å². The molecule has 0 spiro atoms. The Bertz CT molecular complexity index is 515. The molecule has 4 aliphatic rings. The first kappa shape index (κ1) is 16.7. The van der Waals surface area contributed by atoms with Crippen molar-refractivity contribution in [1.29, 1.82) is 0 Å². The zero-order chi connectivity index (χ0) is 16.2. The molecule has 1 aromatic carbocycles. The highest BCUT2D eigenvalue weighted by molar-refractivity contribution is 7.99. The Balaban J connectivity index is 1.13. The van der Waals surface area contributed by atoms with Gasteiger partial charge in [-0.25, -0.2) is 0 Å². The fraction of sp³-hybridized carbons (Fsp3) is 0.636. The molecule has 4 aliphatic carbocycles. The van der Waals surface area contributed by atoms with Gasteiger partial charge < -0.3 is 4.74 Å². The average molecular weight is 343 g/mol. The highest BCUT2D eigenvalue weighted by Crippen LogP contribution is 2.61. The predicted molar refractivity (Wildman–Crippen MR) is 102 cm³/mol. The molecule has 24 heavy (non-hydrogen) atoms. The van der Waals surface area contributed by atoms with E-state index in [-0.39, 0.29) is 0 Å². The zero-order valence-electron chi connectivity index (χ0n) is 14.7. The Morgan fingerprint density at radius 1 is 0.958 bits per heavy atom. The fourth-order valence-corrected chi connectivity index (χ4v) is 6.51. The summed E-state index contributed by atoms with van der Waals surface area (Å²) >= 11 is 1.78. The van der Waals surface area contributed by atoms with E-state index < -0.39 is 0 Å². The minimum Gasteiger partial charge on any atom is -0.370 e. The minimum absolute atomic E-state index is 0.690. The van der Waals surface area contributed by atoms with Crippen molar-refractivity contribution in [3.8, 4) is 0 Å². The van der Waals surface area contributed by atoms with E-state index in [0.29, 0.717) is 5.41 Å². The van der Waals surface area contributed by atoms with E-state index in [1.807, 2.05) is 0 Å². The second-order valence-corrected chi connectivity index (χ2v) is 9.36. The van der Waals surface area contributed by atoms with E-state index in [0.717, 1.165) is 36.7 Å². The molecule has 0 amide bonds. The van der Waals surface area contributed by atoms with Gasteiger partial charge in [0.15, 0.2) is 0 Å². The lowest BCUT2D eigenvalue weighted by molar-refractivity contribution is -0.0507. The van der Waals surface area contributed by atoms with Crippen molar-refractivity contribution in [3.05, 3.63) is 42.5 Å². The van der Waals surface area contributed by atoms with Crippen molar-refractivity contribution in [3.63, 3.8) is 0 Å². The average Bonchev–Trinajstić information content (AvgIpc) is 2.57. The molecule has 130 valence electrons. The lowest BCUT2D eigenvalue weighted by atomic mass is 9.49. The van der Waals surface area contributed by atoms with Gasteiger partial charge in [-0.2, -0.15) is 0 Å². The molecule has 5 rings (SSSR count). The minimum atomic E-state index is 0.690. The molecule has 1 nitrogen and oxygen atoms in total. The van der Waals surface area contributed by atoms with Gasteiger partial charge in [0.1, 0.15) is 0 Å². The van der Waals surface area contributed by atoms with Crippen LogP contribution >= 0.6 is 11.8 Å². The molecule has 4 saturated carbocycles. The molecule has 0 heterocycles. The van der Waals surface area contributed by atoms with E-state index in [4.69, 9.17) is 4.74 Å². The standard InChI is InChI=1S/C22H30OS/c1-3-7-21(8-4-1)24-17-23-10-6-2-5-9-22-14-18-11-19(15-22)13-20(12-18)16-22/h1-5,7-8,18-20H,6,9-17H2. The maximum atomic E-state index is 5.75. The number of allylic oxidation sites excluding steroid dienone is 1. The Morgan fingerprint density at radius 3 is 2.29 bits per heavy atom. The number of ether oxygens (including phenoxy) is 1. The summed E-state index contributed by atoms with van der Waals surface area (Å²) in [6, 6.07) is 10.5. The van der Waals surface area contributed by atoms with Crippen LogP contribution in [0, 0.1) is 23.2 Å². The van der Waals surface area contributed by atoms with Crippen LogP contribution in [0.2, 0.25) is 0 Å². The Morgan fingerprint density at radius 2 is 1.62 bits per heavy atom. The first-order valence-corrected chi connectivity index (χ1v) is 10.7. The quantitative estimate of drug-likeness (QED) is 0.237. The first-order chi connectivity index (χ1) is 11.8. The van der Waals surface area contributed by atoms with Crippen molar-refractivity contribution in [2.24, 2.45) is 23.2 Å².